The summed E-state index contributed by atoms with van der Waals surface area (Å²) in [6, 6.07) is 1.72. The lowest BCUT2D eigenvalue weighted by Crippen LogP contribution is -2.37. The van der Waals surface area contributed by atoms with Gasteiger partial charge in [0.25, 0.3) is 5.91 Å². The van der Waals surface area contributed by atoms with Crippen LogP contribution in [0.25, 0.3) is 0 Å². The second-order valence-electron chi connectivity index (χ2n) is 5.10. The van der Waals surface area contributed by atoms with Crippen molar-refractivity contribution in [2.75, 3.05) is 31.9 Å². The predicted octanol–water partition coefficient (Wildman–Crippen LogP) is 0.785. The van der Waals surface area contributed by atoms with Crippen LogP contribution >= 0.6 is 0 Å². The topological polar surface area (TPSA) is 71.6 Å². The number of aryl methyl sites for hydroxylation is 1. The minimum atomic E-state index is -0.00560. The van der Waals surface area contributed by atoms with Crippen LogP contribution in [-0.4, -0.2) is 52.4 Å². The minimum absolute atomic E-state index is 0.00560. The first-order valence-corrected chi connectivity index (χ1v) is 7.03. The highest BCUT2D eigenvalue weighted by atomic mass is 16.2. The number of carbonyl (C=O) groups excluding carboxylic acids is 2. The Morgan fingerprint density at radius 2 is 1.85 bits per heavy atom. The van der Waals surface area contributed by atoms with Crippen molar-refractivity contribution in [2.45, 2.75) is 26.8 Å². The number of aromatic nitrogens is 1. The lowest BCUT2D eigenvalue weighted by molar-refractivity contribution is -0.128. The molecule has 0 aromatic carbocycles. The average Bonchev–Trinajstić information content (AvgIpc) is 2.64. The highest BCUT2D eigenvalue weighted by molar-refractivity contribution is 5.94. The predicted molar refractivity (Wildman–Crippen MR) is 77.3 cm³/mol. The van der Waals surface area contributed by atoms with Crippen molar-refractivity contribution < 1.29 is 9.59 Å². The Morgan fingerprint density at radius 3 is 2.50 bits per heavy atom. The molecule has 1 aromatic heterocycles. The summed E-state index contributed by atoms with van der Waals surface area (Å²) in [4.78, 5) is 27.6. The van der Waals surface area contributed by atoms with E-state index in [1.165, 1.54) is 0 Å². The fourth-order valence-electron chi connectivity index (χ4n) is 2.57. The molecule has 0 spiro atoms. The maximum absolute atomic E-state index is 12.6. The van der Waals surface area contributed by atoms with Gasteiger partial charge in [-0.25, -0.2) is 0 Å². The first-order valence-electron chi connectivity index (χ1n) is 7.03. The number of nitrogens with zero attached hydrogens (tertiary/aromatic N) is 3. The maximum atomic E-state index is 12.6. The summed E-state index contributed by atoms with van der Waals surface area (Å²) < 4.78 is 1.87. The molecule has 1 aliphatic rings. The molecule has 1 aliphatic heterocycles. The fraction of sp³-hybridized carbons (Fsp3) is 0.571. The summed E-state index contributed by atoms with van der Waals surface area (Å²) in [6.45, 7) is 6.84. The lowest BCUT2D eigenvalue weighted by atomic mass is 10.3. The van der Waals surface area contributed by atoms with E-state index in [4.69, 9.17) is 5.73 Å². The molecule has 0 bridgehead atoms. The largest absolute Gasteiger partial charge is 0.397 e. The zero-order valence-electron chi connectivity index (χ0n) is 12.1. The van der Waals surface area contributed by atoms with Crippen molar-refractivity contribution >= 4 is 17.5 Å². The van der Waals surface area contributed by atoms with Crippen LogP contribution in [0.5, 0.6) is 0 Å². The fourth-order valence-corrected chi connectivity index (χ4v) is 2.57. The molecule has 20 heavy (non-hydrogen) atoms. The SMILES string of the molecule is CCn1cc(N)cc1C(=O)N1CCCN(C(C)=O)CC1. The van der Waals surface area contributed by atoms with E-state index in [-0.39, 0.29) is 11.8 Å². The Labute approximate surface area is 119 Å². The standard InChI is InChI=1S/C14H22N4O2/c1-3-16-10-12(15)9-13(16)14(20)18-6-4-5-17(7-8-18)11(2)19/h9-10H,3-8,15H2,1-2H3. The van der Waals surface area contributed by atoms with E-state index in [0.717, 1.165) is 13.0 Å². The van der Waals surface area contributed by atoms with Crippen LogP contribution in [0.15, 0.2) is 12.3 Å². The zero-order valence-corrected chi connectivity index (χ0v) is 12.1. The normalized spacial score (nSPS) is 16.1. The van der Waals surface area contributed by atoms with Gasteiger partial charge in [0.2, 0.25) is 5.91 Å². The first-order chi connectivity index (χ1) is 9.52. The quantitative estimate of drug-likeness (QED) is 0.869. The molecule has 1 aromatic rings. The van der Waals surface area contributed by atoms with Crippen LogP contribution in [0.1, 0.15) is 30.8 Å². The van der Waals surface area contributed by atoms with Gasteiger partial charge in [0, 0.05) is 45.8 Å². The highest BCUT2D eigenvalue weighted by Gasteiger charge is 2.23. The second-order valence-corrected chi connectivity index (χ2v) is 5.10. The van der Waals surface area contributed by atoms with E-state index in [1.807, 2.05) is 16.4 Å². The van der Waals surface area contributed by atoms with E-state index < -0.39 is 0 Å². The minimum Gasteiger partial charge on any atom is -0.397 e. The molecule has 1 fully saturated rings. The van der Waals surface area contributed by atoms with Gasteiger partial charge in [0.05, 0.1) is 5.69 Å². The third-order valence-corrected chi connectivity index (χ3v) is 3.71. The van der Waals surface area contributed by atoms with Crippen LogP contribution in [0, 0.1) is 0 Å². The number of nitrogens with two attached hydrogens (primary N) is 1. The first kappa shape index (κ1) is 14.4. The smallest absolute Gasteiger partial charge is 0.270 e. The molecule has 6 heteroatoms. The van der Waals surface area contributed by atoms with Crippen molar-refractivity contribution in [3.8, 4) is 0 Å². The summed E-state index contributed by atoms with van der Waals surface area (Å²) in [5.74, 6) is 0.0643. The second kappa shape index (κ2) is 5.98. The summed E-state index contributed by atoms with van der Waals surface area (Å²) >= 11 is 0. The monoisotopic (exact) mass is 278 g/mol. The molecule has 0 unspecified atom stereocenters. The summed E-state index contributed by atoms with van der Waals surface area (Å²) in [7, 11) is 0. The van der Waals surface area contributed by atoms with Gasteiger partial charge in [0.15, 0.2) is 0 Å². The molecular weight excluding hydrogens is 256 g/mol. The van der Waals surface area contributed by atoms with Gasteiger partial charge in [-0.15, -0.1) is 0 Å². The molecule has 0 atom stereocenters. The summed E-state index contributed by atoms with van der Waals surface area (Å²) in [5.41, 5.74) is 7.00. The Balaban J connectivity index is 2.11. The Kier molecular flexibility index (Phi) is 4.32. The van der Waals surface area contributed by atoms with E-state index in [0.29, 0.717) is 37.6 Å². The number of anilines is 1. The van der Waals surface area contributed by atoms with Crippen LogP contribution in [-0.2, 0) is 11.3 Å². The molecule has 2 amide bonds. The van der Waals surface area contributed by atoms with E-state index >= 15 is 0 Å². The van der Waals surface area contributed by atoms with Crippen LogP contribution < -0.4 is 5.73 Å². The van der Waals surface area contributed by atoms with Crippen molar-refractivity contribution in [2.24, 2.45) is 0 Å². The van der Waals surface area contributed by atoms with Gasteiger partial charge >= 0.3 is 0 Å². The van der Waals surface area contributed by atoms with Gasteiger partial charge in [-0.1, -0.05) is 0 Å². The summed E-state index contributed by atoms with van der Waals surface area (Å²) in [6.07, 6.45) is 2.60. The molecule has 110 valence electrons. The molecule has 0 aliphatic carbocycles. The van der Waals surface area contributed by atoms with Gasteiger partial charge in [-0.3, -0.25) is 9.59 Å². The molecule has 1 saturated heterocycles. The van der Waals surface area contributed by atoms with E-state index in [2.05, 4.69) is 0 Å². The third-order valence-electron chi connectivity index (χ3n) is 3.71. The molecule has 0 saturated carbocycles. The number of carbonyl (C=O) groups is 2. The molecule has 2 heterocycles. The van der Waals surface area contributed by atoms with Crippen molar-refractivity contribution in [3.05, 3.63) is 18.0 Å². The Bertz CT molecular complexity index is 509. The molecule has 0 radical (unpaired) electrons. The maximum Gasteiger partial charge on any atom is 0.270 e. The van der Waals surface area contributed by atoms with Gasteiger partial charge in [-0.05, 0) is 19.4 Å². The zero-order chi connectivity index (χ0) is 14.7. The van der Waals surface area contributed by atoms with Crippen LogP contribution in [0.3, 0.4) is 0 Å². The third kappa shape index (κ3) is 2.95. The number of rotatable bonds is 2. The molecule has 2 N–H and O–H groups in total. The number of amides is 2. The van der Waals surface area contributed by atoms with Crippen molar-refractivity contribution in [1.29, 1.82) is 0 Å². The average molecular weight is 278 g/mol. The summed E-state index contributed by atoms with van der Waals surface area (Å²) in [5, 5.41) is 0. The highest BCUT2D eigenvalue weighted by Crippen LogP contribution is 2.15. The van der Waals surface area contributed by atoms with E-state index in [9.17, 15) is 9.59 Å². The Hall–Kier alpha value is -1.98. The number of nitrogen functional groups attached to an aromatic ring is 1. The van der Waals surface area contributed by atoms with Gasteiger partial charge < -0.3 is 20.1 Å². The number of hydrogen-bond acceptors (Lipinski definition) is 3. The molecule has 2 rings (SSSR count). The van der Waals surface area contributed by atoms with E-state index in [1.54, 1.807) is 24.1 Å². The lowest BCUT2D eigenvalue weighted by Gasteiger charge is -2.21. The van der Waals surface area contributed by atoms with Crippen LogP contribution in [0.4, 0.5) is 5.69 Å². The molecular formula is C14H22N4O2. The Morgan fingerprint density at radius 1 is 1.20 bits per heavy atom. The van der Waals surface area contributed by atoms with Gasteiger partial charge in [-0.2, -0.15) is 0 Å². The van der Waals surface area contributed by atoms with Crippen molar-refractivity contribution in [1.82, 2.24) is 14.4 Å². The number of hydrogen-bond donors (Lipinski definition) is 1. The van der Waals surface area contributed by atoms with Crippen molar-refractivity contribution in [3.63, 3.8) is 0 Å². The van der Waals surface area contributed by atoms with Crippen LogP contribution in [0.2, 0.25) is 0 Å². The van der Waals surface area contributed by atoms with Gasteiger partial charge in [0.1, 0.15) is 5.69 Å². The molecule has 6 nitrogen and oxygen atoms in total.